The maximum absolute atomic E-state index is 4.66. The third kappa shape index (κ3) is 1.69. The molecule has 1 aliphatic rings. The molecule has 0 spiro atoms. The number of nitrogens with zero attached hydrogens (tertiary/aromatic N) is 1. The van der Waals surface area contributed by atoms with Gasteiger partial charge in [0.1, 0.15) is 5.82 Å². The summed E-state index contributed by atoms with van der Waals surface area (Å²) >= 11 is 0. The Kier molecular flexibility index (Phi) is 2.87. The Labute approximate surface area is 85.3 Å². The van der Waals surface area contributed by atoms with Crippen molar-refractivity contribution in [2.75, 3.05) is 6.54 Å². The number of hydrogen-bond donors (Lipinski definition) is 2. The predicted octanol–water partition coefficient (Wildman–Crippen LogP) is 1.96. The number of H-pyrrole nitrogens is 1. The van der Waals surface area contributed by atoms with E-state index in [1.807, 2.05) is 0 Å². The van der Waals surface area contributed by atoms with Gasteiger partial charge in [-0.25, -0.2) is 4.98 Å². The first-order valence-corrected chi connectivity index (χ1v) is 5.66. The van der Waals surface area contributed by atoms with Gasteiger partial charge in [0.05, 0.1) is 11.7 Å². The molecular formula is C11H19N3. The molecule has 2 rings (SSSR count). The van der Waals surface area contributed by atoms with E-state index in [1.54, 1.807) is 0 Å². The molecule has 2 heterocycles. The van der Waals surface area contributed by atoms with E-state index in [-0.39, 0.29) is 0 Å². The van der Waals surface area contributed by atoms with Gasteiger partial charge in [0, 0.05) is 5.69 Å². The van der Waals surface area contributed by atoms with E-state index in [4.69, 9.17) is 0 Å². The first kappa shape index (κ1) is 9.71. The Morgan fingerprint density at radius 1 is 1.36 bits per heavy atom. The highest BCUT2D eigenvalue weighted by molar-refractivity contribution is 5.17. The van der Waals surface area contributed by atoms with Crippen LogP contribution in [0.3, 0.4) is 0 Å². The van der Waals surface area contributed by atoms with Crippen LogP contribution in [0.25, 0.3) is 0 Å². The van der Waals surface area contributed by atoms with Crippen molar-refractivity contribution in [3.05, 3.63) is 17.2 Å². The van der Waals surface area contributed by atoms with Crippen LogP contribution in [0.15, 0.2) is 0 Å². The zero-order valence-corrected chi connectivity index (χ0v) is 9.06. The molecule has 0 saturated carbocycles. The number of rotatable bonds is 3. The molecule has 78 valence electrons. The van der Waals surface area contributed by atoms with Crippen LogP contribution in [0.2, 0.25) is 0 Å². The summed E-state index contributed by atoms with van der Waals surface area (Å²) in [5, 5.41) is 3.47. The molecule has 3 heteroatoms. The van der Waals surface area contributed by atoms with E-state index in [0.717, 1.165) is 25.2 Å². The fourth-order valence-corrected chi connectivity index (χ4v) is 2.14. The largest absolute Gasteiger partial charge is 0.344 e. The van der Waals surface area contributed by atoms with Crippen LogP contribution >= 0.6 is 0 Å². The van der Waals surface area contributed by atoms with Crippen LogP contribution in [-0.2, 0) is 12.8 Å². The lowest BCUT2D eigenvalue weighted by molar-refractivity contribution is 0.610. The smallest absolute Gasteiger partial charge is 0.123 e. The first-order valence-electron chi connectivity index (χ1n) is 5.66. The second-order valence-electron chi connectivity index (χ2n) is 3.90. The molecule has 14 heavy (non-hydrogen) atoms. The van der Waals surface area contributed by atoms with Crippen molar-refractivity contribution in [2.24, 2.45) is 0 Å². The zero-order valence-electron chi connectivity index (χ0n) is 9.06. The minimum Gasteiger partial charge on any atom is -0.344 e. The second kappa shape index (κ2) is 4.13. The van der Waals surface area contributed by atoms with E-state index < -0.39 is 0 Å². The van der Waals surface area contributed by atoms with Crippen molar-refractivity contribution < 1.29 is 0 Å². The zero-order chi connectivity index (χ0) is 9.97. The average Bonchev–Trinajstić information content (AvgIpc) is 2.85. The molecule has 0 unspecified atom stereocenters. The summed E-state index contributed by atoms with van der Waals surface area (Å²) in [6.07, 6.45) is 4.59. The third-order valence-electron chi connectivity index (χ3n) is 2.96. The highest BCUT2D eigenvalue weighted by Gasteiger charge is 2.20. The van der Waals surface area contributed by atoms with E-state index in [2.05, 4.69) is 29.1 Å². The minimum atomic E-state index is 0.473. The number of nitrogens with one attached hydrogen (secondary N) is 2. The summed E-state index contributed by atoms with van der Waals surface area (Å²) in [6, 6.07) is 0.473. The highest BCUT2D eigenvalue weighted by Crippen LogP contribution is 2.22. The van der Waals surface area contributed by atoms with Gasteiger partial charge in [-0.05, 0) is 32.2 Å². The van der Waals surface area contributed by atoms with Crippen LogP contribution < -0.4 is 5.32 Å². The van der Waals surface area contributed by atoms with E-state index in [0.29, 0.717) is 6.04 Å². The van der Waals surface area contributed by atoms with Gasteiger partial charge < -0.3 is 10.3 Å². The molecule has 1 aromatic rings. The van der Waals surface area contributed by atoms with E-state index >= 15 is 0 Å². The summed E-state index contributed by atoms with van der Waals surface area (Å²) < 4.78 is 0. The monoisotopic (exact) mass is 193 g/mol. The summed E-state index contributed by atoms with van der Waals surface area (Å²) in [4.78, 5) is 8.11. The summed E-state index contributed by atoms with van der Waals surface area (Å²) in [7, 11) is 0. The van der Waals surface area contributed by atoms with Gasteiger partial charge in [-0.1, -0.05) is 13.8 Å². The Hall–Kier alpha value is -0.830. The lowest BCUT2D eigenvalue weighted by Gasteiger charge is -2.04. The normalized spacial score (nSPS) is 21.7. The fraction of sp³-hybridized carbons (Fsp3) is 0.727. The molecule has 1 fully saturated rings. The van der Waals surface area contributed by atoms with Gasteiger partial charge in [0.25, 0.3) is 0 Å². The van der Waals surface area contributed by atoms with Gasteiger partial charge in [-0.2, -0.15) is 0 Å². The molecule has 3 nitrogen and oxygen atoms in total. The molecule has 0 radical (unpaired) electrons. The maximum atomic E-state index is 4.66. The summed E-state index contributed by atoms with van der Waals surface area (Å²) in [6.45, 7) is 5.48. The topological polar surface area (TPSA) is 40.7 Å². The summed E-state index contributed by atoms with van der Waals surface area (Å²) in [5.74, 6) is 1.15. The van der Waals surface area contributed by atoms with Gasteiger partial charge in [-0.3, -0.25) is 0 Å². The molecule has 0 aromatic carbocycles. The van der Waals surface area contributed by atoms with Crippen molar-refractivity contribution in [1.82, 2.24) is 15.3 Å². The molecule has 1 aromatic heterocycles. The highest BCUT2D eigenvalue weighted by atomic mass is 15.0. The lowest BCUT2D eigenvalue weighted by atomic mass is 10.2. The quantitative estimate of drug-likeness (QED) is 0.770. The van der Waals surface area contributed by atoms with Crippen molar-refractivity contribution in [2.45, 2.75) is 45.6 Å². The number of aromatic nitrogens is 2. The molecule has 0 aliphatic carbocycles. The molecule has 0 bridgehead atoms. The molecule has 0 amide bonds. The van der Waals surface area contributed by atoms with Crippen LogP contribution in [-0.4, -0.2) is 16.5 Å². The molecule has 1 atom stereocenters. The summed E-state index contributed by atoms with van der Waals surface area (Å²) in [5.41, 5.74) is 2.56. The van der Waals surface area contributed by atoms with Crippen molar-refractivity contribution in [3.8, 4) is 0 Å². The van der Waals surface area contributed by atoms with E-state index in [1.165, 1.54) is 24.2 Å². The van der Waals surface area contributed by atoms with Gasteiger partial charge >= 0.3 is 0 Å². The molecule has 1 saturated heterocycles. The van der Waals surface area contributed by atoms with Gasteiger partial charge in [0.15, 0.2) is 0 Å². The van der Waals surface area contributed by atoms with Crippen LogP contribution in [0, 0.1) is 0 Å². The van der Waals surface area contributed by atoms with Crippen LogP contribution in [0.1, 0.15) is 49.9 Å². The second-order valence-corrected chi connectivity index (χ2v) is 3.90. The average molecular weight is 193 g/mol. The minimum absolute atomic E-state index is 0.473. The third-order valence-corrected chi connectivity index (χ3v) is 2.96. The van der Waals surface area contributed by atoms with Crippen LogP contribution in [0.5, 0.6) is 0 Å². The Morgan fingerprint density at radius 2 is 2.21 bits per heavy atom. The maximum Gasteiger partial charge on any atom is 0.123 e. The van der Waals surface area contributed by atoms with Crippen molar-refractivity contribution >= 4 is 0 Å². The Balaban J connectivity index is 2.21. The fourth-order valence-electron chi connectivity index (χ4n) is 2.14. The molecule has 2 N–H and O–H groups in total. The van der Waals surface area contributed by atoms with E-state index in [9.17, 15) is 0 Å². The number of hydrogen-bond acceptors (Lipinski definition) is 2. The lowest BCUT2D eigenvalue weighted by Crippen LogP contribution is -2.14. The first-order chi connectivity index (χ1) is 6.85. The Bertz CT molecular complexity index is 276. The van der Waals surface area contributed by atoms with Crippen molar-refractivity contribution in [3.63, 3.8) is 0 Å². The van der Waals surface area contributed by atoms with Gasteiger partial charge in [-0.15, -0.1) is 0 Å². The number of aryl methyl sites for hydroxylation is 2. The Morgan fingerprint density at radius 3 is 2.71 bits per heavy atom. The van der Waals surface area contributed by atoms with Gasteiger partial charge in [0.2, 0.25) is 0 Å². The SMILES string of the molecule is CCc1nc([C@@H]2CCCN2)[nH]c1CC. The number of aromatic amines is 1. The molecular weight excluding hydrogens is 174 g/mol. The predicted molar refractivity (Wildman–Crippen MR) is 57.3 cm³/mol. The standard InChI is InChI=1S/C11H19N3/c1-3-8-9(4-2)14-11(13-8)10-6-5-7-12-10/h10,12H,3-7H2,1-2H3,(H,13,14)/t10-/m0/s1. The molecule has 1 aliphatic heterocycles. The van der Waals surface area contributed by atoms with Crippen LogP contribution in [0.4, 0.5) is 0 Å². The van der Waals surface area contributed by atoms with Crippen molar-refractivity contribution in [1.29, 1.82) is 0 Å². The number of imidazole rings is 1.